The highest BCUT2D eigenvalue weighted by Crippen LogP contribution is 2.32. The van der Waals surface area contributed by atoms with Crippen LogP contribution < -0.4 is 5.32 Å². The van der Waals surface area contributed by atoms with Gasteiger partial charge in [-0.15, -0.1) is 0 Å². The Morgan fingerprint density at radius 2 is 1.81 bits per heavy atom. The van der Waals surface area contributed by atoms with Gasteiger partial charge in [0.25, 0.3) is 0 Å². The van der Waals surface area contributed by atoms with Crippen LogP contribution in [0.15, 0.2) is 35.0 Å². The van der Waals surface area contributed by atoms with Gasteiger partial charge in [0, 0.05) is 0 Å². The molecule has 0 amide bonds. The van der Waals surface area contributed by atoms with Crippen LogP contribution in [0.3, 0.4) is 0 Å². The quantitative estimate of drug-likeness (QED) is 0.803. The monoisotopic (exact) mass is 313 g/mol. The van der Waals surface area contributed by atoms with Crippen LogP contribution in [0.4, 0.5) is 13.2 Å². The molecule has 1 unspecified atom stereocenters. The normalized spacial score (nSPS) is 13.4. The summed E-state index contributed by atoms with van der Waals surface area (Å²) in [6.45, 7) is 4.91. The fraction of sp³-hybridized carbons (Fsp3) is 0.375. The van der Waals surface area contributed by atoms with E-state index in [1.807, 2.05) is 6.92 Å². The number of halogens is 3. The average molecular weight is 313 g/mol. The van der Waals surface area contributed by atoms with Gasteiger partial charge in [0.05, 0.1) is 11.6 Å². The highest BCUT2D eigenvalue weighted by atomic mass is 32.1. The Morgan fingerprint density at radius 1 is 1.14 bits per heavy atom. The zero-order valence-electron chi connectivity index (χ0n) is 12.0. The summed E-state index contributed by atoms with van der Waals surface area (Å²) in [6.07, 6.45) is -3.32. The lowest BCUT2D eigenvalue weighted by atomic mass is 9.97. The maximum atomic E-state index is 12.6. The second-order valence-electron chi connectivity index (χ2n) is 5.02. The molecule has 0 aliphatic rings. The van der Waals surface area contributed by atoms with E-state index in [2.05, 4.69) is 23.0 Å². The third-order valence-electron chi connectivity index (χ3n) is 3.38. The first-order valence-corrected chi connectivity index (χ1v) is 7.81. The number of nitrogens with one attached hydrogen (secondary N) is 1. The van der Waals surface area contributed by atoms with Gasteiger partial charge in [0.1, 0.15) is 0 Å². The van der Waals surface area contributed by atoms with Crippen LogP contribution in [-0.4, -0.2) is 6.54 Å². The van der Waals surface area contributed by atoms with Gasteiger partial charge in [-0.05, 0) is 59.5 Å². The van der Waals surface area contributed by atoms with E-state index < -0.39 is 11.7 Å². The molecule has 1 aromatic carbocycles. The smallest absolute Gasteiger partial charge is 0.306 e. The second-order valence-corrected chi connectivity index (χ2v) is 5.76. The number of alkyl halides is 3. The number of aryl methyl sites for hydroxylation is 1. The molecule has 0 saturated carbocycles. The summed E-state index contributed by atoms with van der Waals surface area (Å²) in [5.74, 6) is 0. The van der Waals surface area contributed by atoms with Crippen LogP contribution in [0.5, 0.6) is 0 Å². The molecule has 2 rings (SSSR count). The summed E-state index contributed by atoms with van der Waals surface area (Å²) in [4.78, 5) is 0. The summed E-state index contributed by atoms with van der Waals surface area (Å²) in [6, 6.07) is 5.37. The first kappa shape index (κ1) is 16.0. The minimum atomic E-state index is -4.29. The van der Waals surface area contributed by atoms with Gasteiger partial charge in [0.2, 0.25) is 0 Å². The van der Waals surface area contributed by atoms with Crippen molar-refractivity contribution < 1.29 is 13.2 Å². The van der Waals surface area contributed by atoms with Gasteiger partial charge in [0.15, 0.2) is 0 Å². The molecule has 1 nitrogen and oxygen atoms in total. The predicted octanol–water partition coefficient (Wildman–Crippen LogP) is 5.16. The second kappa shape index (κ2) is 6.62. The SMILES string of the molecule is CCCNC(c1ccc(C(F)(F)F)cc1)c1cscc1C. The first-order chi connectivity index (χ1) is 9.93. The van der Waals surface area contributed by atoms with E-state index in [9.17, 15) is 13.2 Å². The number of hydrogen-bond donors (Lipinski definition) is 1. The molecule has 0 radical (unpaired) electrons. The van der Waals surface area contributed by atoms with Crippen LogP contribution in [0.1, 0.15) is 41.6 Å². The zero-order chi connectivity index (χ0) is 15.5. The molecule has 0 spiro atoms. The molecule has 2 aromatic rings. The Labute approximate surface area is 126 Å². The van der Waals surface area contributed by atoms with Crippen molar-refractivity contribution in [2.24, 2.45) is 0 Å². The highest BCUT2D eigenvalue weighted by molar-refractivity contribution is 7.08. The van der Waals surface area contributed by atoms with Crippen LogP contribution in [-0.2, 0) is 6.18 Å². The van der Waals surface area contributed by atoms with Crippen molar-refractivity contribution in [3.63, 3.8) is 0 Å². The molecular weight excluding hydrogens is 295 g/mol. The fourth-order valence-corrected chi connectivity index (χ4v) is 3.10. The zero-order valence-corrected chi connectivity index (χ0v) is 12.8. The summed E-state index contributed by atoms with van der Waals surface area (Å²) >= 11 is 1.61. The van der Waals surface area contributed by atoms with Crippen molar-refractivity contribution in [3.05, 3.63) is 57.3 Å². The van der Waals surface area contributed by atoms with Crippen molar-refractivity contribution in [3.8, 4) is 0 Å². The standard InChI is InChI=1S/C16H18F3NS/c1-3-8-20-15(14-10-21-9-11(14)2)12-4-6-13(7-5-12)16(17,18)19/h4-7,9-10,15,20H,3,8H2,1-2H3. The van der Waals surface area contributed by atoms with E-state index in [0.29, 0.717) is 0 Å². The largest absolute Gasteiger partial charge is 0.416 e. The molecule has 114 valence electrons. The van der Waals surface area contributed by atoms with E-state index in [1.54, 1.807) is 23.5 Å². The molecule has 5 heteroatoms. The van der Waals surface area contributed by atoms with Crippen molar-refractivity contribution in [2.45, 2.75) is 32.5 Å². The predicted molar refractivity (Wildman–Crippen MR) is 80.6 cm³/mol. The average Bonchev–Trinajstić information content (AvgIpc) is 2.85. The van der Waals surface area contributed by atoms with Crippen molar-refractivity contribution >= 4 is 11.3 Å². The summed E-state index contributed by atoms with van der Waals surface area (Å²) in [7, 11) is 0. The molecule has 1 heterocycles. The Hall–Kier alpha value is -1.33. The molecule has 1 atom stereocenters. The number of rotatable bonds is 5. The van der Waals surface area contributed by atoms with Crippen LogP contribution >= 0.6 is 11.3 Å². The topological polar surface area (TPSA) is 12.0 Å². The third-order valence-corrected chi connectivity index (χ3v) is 4.26. The van der Waals surface area contributed by atoms with Gasteiger partial charge < -0.3 is 5.32 Å². The summed E-state index contributed by atoms with van der Waals surface area (Å²) in [5, 5.41) is 7.52. The summed E-state index contributed by atoms with van der Waals surface area (Å²) in [5.41, 5.74) is 2.54. The van der Waals surface area contributed by atoms with Gasteiger partial charge in [-0.2, -0.15) is 24.5 Å². The molecule has 1 N–H and O–H groups in total. The number of hydrogen-bond acceptors (Lipinski definition) is 2. The van der Waals surface area contributed by atoms with E-state index in [0.717, 1.165) is 41.8 Å². The number of benzene rings is 1. The third kappa shape index (κ3) is 3.86. The number of thiophene rings is 1. The minimum absolute atomic E-state index is 0.0570. The van der Waals surface area contributed by atoms with Gasteiger partial charge in [-0.3, -0.25) is 0 Å². The van der Waals surface area contributed by atoms with Crippen molar-refractivity contribution in [1.29, 1.82) is 0 Å². The minimum Gasteiger partial charge on any atom is -0.306 e. The Bertz CT molecular complexity index is 572. The lowest BCUT2D eigenvalue weighted by Crippen LogP contribution is -2.23. The van der Waals surface area contributed by atoms with E-state index in [4.69, 9.17) is 0 Å². The highest BCUT2D eigenvalue weighted by Gasteiger charge is 2.30. The Morgan fingerprint density at radius 3 is 2.29 bits per heavy atom. The summed E-state index contributed by atoms with van der Waals surface area (Å²) < 4.78 is 37.9. The van der Waals surface area contributed by atoms with Gasteiger partial charge >= 0.3 is 6.18 Å². The van der Waals surface area contributed by atoms with Gasteiger partial charge in [-0.25, -0.2) is 0 Å². The van der Waals surface area contributed by atoms with Crippen molar-refractivity contribution in [1.82, 2.24) is 5.32 Å². The molecule has 0 aliphatic heterocycles. The molecule has 21 heavy (non-hydrogen) atoms. The maximum Gasteiger partial charge on any atom is 0.416 e. The van der Waals surface area contributed by atoms with E-state index in [1.165, 1.54) is 0 Å². The van der Waals surface area contributed by atoms with Gasteiger partial charge in [-0.1, -0.05) is 19.1 Å². The van der Waals surface area contributed by atoms with E-state index >= 15 is 0 Å². The molecule has 0 fully saturated rings. The molecule has 0 bridgehead atoms. The first-order valence-electron chi connectivity index (χ1n) is 6.86. The van der Waals surface area contributed by atoms with Crippen LogP contribution in [0, 0.1) is 6.92 Å². The molecular formula is C16H18F3NS. The Kier molecular flexibility index (Phi) is 5.06. The fourth-order valence-electron chi connectivity index (χ4n) is 2.23. The molecule has 0 saturated heterocycles. The lowest BCUT2D eigenvalue weighted by Gasteiger charge is -2.20. The Balaban J connectivity index is 2.31. The van der Waals surface area contributed by atoms with Crippen molar-refractivity contribution in [2.75, 3.05) is 6.54 Å². The molecule has 0 aliphatic carbocycles. The molecule has 1 aromatic heterocycles. The van der Waals surface area contributed by atoms with Crippen LogP contribution in [0.2, 0.25) is 0 Å². The lowest BCUT2D eigenvalue weighted by molar-refractivity contribution is -0.137. The van der Waals surface area contributed by atoms with E-state index in [-0.39, 0.29) is 6.04 Å². The maximum absolute atomic E-state index is 12.6. The van der Waals surface area contributed by atoms with Crippen LogP contribution in [0.25, 0.3) is 0 Å².